The SMILES string of the molecule is OCC#Cc1cc(Cl)cc2nc(Cc3ccc(Cl)cc3Cl)oc12. The zero-order valence-electron chi connectivity index (χ0n) is 11.7. The van der Waals surface area contributed by atoms with Gasteiger partial charge >= 0.3 is 0 Å². The molecule has 3 nitrogen and oxygen atoms in total. The molecule has 3 aromatic rings. The van der Waals surface area contributed by atoms with Crippen LogP contribution in [0.5, 0.6) is 0 Å². The third-order valence-corrected chi connectivity index (χ3v) is 3.96. The smallest absolute Gasteiger partial charge is 0.200 e. The van der Waals surface area contributed by atoms with Gasteiger partial charge in [-0.15, -0.1) is 0 Å². The molecule has 2 aromatic carbocycles. The Hall–Kier alpha value is -1.70. The molecule has 116 valence electrons. The van der Waals surface area contributed by atoms with Crippen molar-refractivity contribution in [2.75, 3.05) is 6.61 Å². The van der Waals surface area contributed by atoms with Crippen molar-refractivity contribution in [1.29, 1.82) is 0 Å². The lowest BCUT2D eigenvalue weighted by Crippen LogP contribution is -1.89. The highest BCUT2D eigenvalue weighted by molar-refractivity contribution is 6.35. The van der Waals surface area contributed by atoms with Crippen molar-refractivity contribution in [3.63, 3.8) is 0 Å². The summed E-state index contributed by atoms with van der Waals surface area (Å²) < 4.78 is 5.79. The summed E-state index contributed by atoms with van der Waals surface area (Å²) in [6, 6.07) is 8.66. The summed E-state index contributed by atoms with van der Waals surface area (Å²) in [6.07, 6.45) is 0.426. The molecular formula is C17H10Cl3NO2. The van der Waals surface area contributed by atoms with Crippen molar-refractivity contribution in [3.8, 4) is 11.8 Å². The summed E-state index contributed by atoms with van der Waals surface area (Å²) in [7, 11) is 0. The van der Waals surface area contributed by atoms with Gasteiger partial charge in [0.15, 0.2) is 11.5 Å². The minimum Gasteiger partial charge on any atom is -0.439 e. The van der Waals surface area contributed by atoms with E-state index in [0.717, 1.165) is 5.56 Å². The number of aliphatic hydroxyl groups excluding tert-OH is 1. The van der Waals surface area contributed by atoms with Crippen molar-refractivity contribution in [2.24, 2.45) is 0 Å². The first kappa shape index (κ1) is 16.2. The van der Waals surface area contributed by atoms with Crippen molar-refractivity contribution in [2.45, 2.75) is 6.42 Å². The standard InChI is InChI=1S/C17H10Cl3NO2/c18-12-4-3-10(14(20)8-12)7-16-21-15-9-13(19)6-11(2-1-5-22)17(15)23-16/h3-4,6,8-9,22H,5,7H2. The molecule has 1 N–H and O–H groups in total. The van der Waals surface area contributed by atoms with Gasteiger partial charge in [-0.25, -0.2) is 4.98 Å². The Morgan fingerprint density at radius 2 is 1.91 bits per heavy atom. The van der Waals surface area contributed by atoms with E-state index in [2.05, 4.69) is 16.8 Å². The molecule has 0 aliphatic heterocycles. The predicted molar refractivity (Wildman–Crippen MR) is 92.3 cm³/mol. The lowest BCUT2D eigenvalue weighted by Gasteiger charge is -2.01. The van der Waals surface area contributed by atoms with Crippen LogP contribution in [0, 0.1) is 11.8 Å². The third-order valence-electron chi connectivity index (χ3n) is 3.16. The van der Waals surface area contributed by atoms with Gasteiger partial charge in [-0.2, -0.15) is 0 Å². The maximum absolute atomic E-state index is 8.84. The molecule has 0 saturated carbocycles. The molecule has 0 atom stereocenters. The van der Waals surface area contributed by atoms with Gasteiger partial charge in [0.25, 0.3) is 0 Å². The number of hydrogen-bond donors (Lipinski definition) is 1. The maximum Gasteiger partial charge on any atom is 0.200 e. The van der Waals surface area contributed by atoms with Gasteiger partial charge in [0.1, 0.15) is 12.1 Å². The highest BCUT2D eigenvalue weighted by atomic mass is 35.5. The molecule has 0 radical (unpaired) electrons. The van der Waals surface area contributed by atoms with Crippen LogP contribution in [0.4, 0.5) is 0 Å². The Bertz CT molecular complexity index is 938. The molecule has 0 bridgehead atoms. The Morgan fingerprint density at radius 1 is 1.09 bits per heavy atom. The van der Waals surface area contributed by atoms with E-state index in [9.17, 15) is 0 Å². The highest BCUT2D eigenvalue weighted by Gasteiger charge is 2.12. The topological polar surface area (TPSA) is 46.3 Å². The Balaban J connectivity index is 2.02. The molecular weight excluding hydrogens is 357 g/mol. The largest absolute Gasteiger partial charge is 0.439 e. The van der Waals surface area contributed by atoms with Gasteiger partial charge in [0.05, 0.1) is 12.0 Å². The Labute approximate surface area is 147 Å². The first-order valence-electron chi connectivity index (χ1n) is 6.69. The third kappa shape index (κ3) is 3.63. The zero-order chi connectivity index (χ0) is 16.4. The summed E-state index contributed by atoms with van der Waals surface area (Å²) in [5.41, 5.74) is 2.59. The second-order valence-electron chi connectivity index (χ2n) is 4.78. The molecule has 1 aromatic heterocycles. The van der Waals surface area contributed by atoms with Crippen LogP contribution < -0.4 is 0 Å². The lowest BCUT2D eigenvalue weighted by molar-refractivity contribution is 0.350. The first-order valence-corrected chi connectivity index (χ1v) is 7.83. The van der Waals surface area contributed by atoms with E-state index in [-0.39, 0.29) is 6.61 Å². The predicted octanol–water partition coefficient (Wildman–Crippen LogP) is 4.72. The molecule has 1 heterocycles. The van der Waals surface area contributed by atoms with Crippen LogP contribution in [0.1, 0.15) is 17.0 Å². The van der Waals surface area contributed by atoms with Crippen molar-refractivity contribution in [1.82, 2.24) is 4.98 Å². The number of aliphatic hydroxyl groups is 1. The number of nitrogens with zero attached hydrogens (tertiary/aromatic N) is 1. The fourth-order valence-corrected chi connectivity index (χ4v) is 2.86. The highest BCUT2D eigenvalue weighted by Crippen LogP contribution is 2.27. The summed E-state index contributed by atoms with van der Waals surface area (Å²) in [5, 5.41) is 10.5. The van der Waals surface area contributed by atoms with Crippen molar-refractivity contribution < 1.29 is 9.52 Å². The van der Waals surface area contributed by atoms with Crippen LogP contribution in [-0.2, 0) is 6.42 Å². The van der Waals surface area contributed by atoms with Crippen LogP contribution in [0.2, 0.25) is 15.1 Å². The molecule has 3 rings (SSSR count). The molecule has 0 unspecified atom stereocenters. The van der Waals surface area contributed by atoms with Gasteiger partial charge in [0, 0.05) is 15.1 Å². The van der Waals surface area contributed by atoms with Gasteiger partial charge in [-0.3, -0.25) is 0 Å². The average Bonchev–Trinajstić information content (AvgIpc) is 2.90. The second-order valence-corrected chi connectivity index (χ2v) is 6.06. The summed E-state index contributed by atoms with van der Waals surface area (Å²) in [5.74, 6) is 5.89. The van der Waals surface area contributed by atoms with Crippen LogP contribution in [0.25, 0.3) is 11.1 Å². The number of aromatic nitrogens is 1. The van der Waals surface area contributed by atoms with Crippen molar-refractivity contribution >= 4 is 45.9 Å². The van der Waals surface area contributed by atoms with Crippen LogP contribution in [0.15, 0.2) is 34.7 Å². The Morgan fingerprint density at radius 3 is 2.65 bits per heavy atom. The first-order chi connectivity index (χ1) is 11.1. The Kier molecular flexibility index (Phi) is 4.79. The van der Waals surface area contributed by atoms with Crippen molar-refractivity contribution in [3.05, 3.63) is 62.4 Å². The van der Waals surface area contributed by atoms with Crippen LogP contribution >= 0.6 is 34.8 Å². The molecule has 0 aliphatic rings. The van der Waals surface area contributed by atoms with E-state index in [1.807, 2.05) is 6.07 Å². The molecule has 23 heavy (non-hydrogen) atoms. The van der Waals surface area contributed by atoms with Crippen LogP contribution in [0.3, 0.4) is 0 Å². The minimum atomic E-state index is -0.241. The lowest BCUT2D eigenvalue weighted by atomic mass is 10.1. The zero-order valence-corrected chi connectivity index (χ0v) is 14.0. The summed E-state index contributed by atoms with van der Waals surface area (Å²) in [6.45, 7) is -0.241. The molecule has 6 heteroatoms. The monoisotopic (exact) mass is 365 g/mol. The normalized spacial score (nSPS) is 10.6. The summed E-state index contributed by atoms with van der Waals surface area (Å²) >= 11 is 18.1. The number of rotatable bonds is 2. The van der Waals surface area contributed by atoms with E-state index in [4.69, 9.17) is 44.3 Å². The number of halogens is 3. The van der Waals surface area contributed by atoms with E-state index >= 15 is 0 Å². The number of fused-ring (bicyclic) bond motifs is 1. The second kappa shape index (κ2) is 6.82. The molecule has 0 saturated heterocycles. The number of hydrogen-bond acceptors (Lipinski definition) is 3. The van der Waals surface area contributed by atoms with E-state index in [0.29, 0.717) is 44.0 Å². The number of benzene rings is 2. The molecule has 0 fully saturated rings. The quantitative estimate of drug-likeness (QED) is 0.667. The van der Waals surface area contributed by atoms with Gasteiger partial charge in [0.2, 0.25) is 0 Å². The van der Waals surface area contributed by atoms with E-state index in [1.165, 1.54) is 0 Å². The van der Waals surface area contributed by atoms with Gasteiger partial charge < -0.3 is 9.52 Å². The molecule has 0 amide bonds. The van der Waals surface area contributed by atoms with Gasteiger partial charge in [-0.05, 0) is 29.8 Å². The minimum absolute atomic E-state index is 0.241. The van der Waals surface area contributed by atoms with Crippen LogP contribution in [-0.4, -0.2) is 16.7 Å². The van der Waals surface area contributed by atoms with Gasteiger partial charge in [-0.1, -0.05) is 52.7 Å². The van der Waals surface area contributed by atoms with E-state index in [1.54, 1.807) is 24.3 Å². The summed E-state index contributed by atoms with van der Waals surface area (Å²) in [4.78, 5) is 4.43. The molecule has 0 aliphatic carbocycles. The fraction of sp³-hybridized carbons (Fsp3) is 0.118. The maximum atomic E-state index is 8.84. The van der Waals surface area contributed by atoms with E-state index < -0.39 is 0 Å². The molecule has 0 spiro atoms. The number of oxazole rings is 1. The fourth-order valence-electron chi connectivity index (χ4n) is 2.18. The average molecular weight is 367 g/mol.